The average molecular weight is 361 g/mol. The summed E-state index contributed by atoms with van der Waals surface area (Å²) in [7, 11) is 1.74. The molecule has 146 valence electrons. The van der Waals surface area contributed by atoms with Crippen LogP contribution in [0.3, 0.4) is 0 Å². The third-order valence-electron chi connectivity index (χ3n) is 6.37. The molecule has 0 radical (unpaired) electrons. The molecular formula is C22H36N2O2. The van der Waals surface area contributed by atoms with Crippen LogP contribution in [0.4, 0.5) is 0 Å². The molecule has 2 aliphatic rings. The van der Waals surface area contributed by atoms with Gasteiger partial charge in [-0.15, -0.1) is 0 Å². The maximum atomic E-state index is 9.59. The molecule has 4 heteroatoms. The lowest BCUT2D eigenvalue weighted by Crippen LogP contribution is -2.56. The number of aliphatic hydroxyl groups is 1. The van der Waals surface area contributed by atoms with Crippen LogP contribution in [-0.2, 0) is 6.54 Å². The van der Waals surface area contributed by atoms with Gasteiger partial charge in [0.2, 0.25) is 0 Å². The maximum absolute atomic E-state index is 9.59. The predicted molar refractivity (Wildman–Crippen MR) is 107 cm³/mol. The standard InChI is InChI=1S/C22H36N2O2/c1-17-14-22(26-3)18(2)13-19(17)15-23-10-11-24(21(16-23)9-12-25)20-7-5-4-6-8-20/h13-14,20-21,25H,4-12,15-16H2,1-3H3/t21-/m1/s1. The van der Waals surface area contributed by atoms with E-state index < -0.39 is 0 Å². The third-order valence-corrected chi connectivity index (χ3v) is 6.37. The van der Waals surface area contributed by atoms with Crippen LogP contribution in [0.25, 0.3) is 0 Å². The zero-order valence-electron chi connectivity index (χ0n) is 16.8. The highest BCUT2D eigenvalue weighted by atomic mass is 16.5. The maximum Gasteiger partial charge on any atom is 0.122 e. The Morgan fingerprint density at radius 1 is 1.08 bits per heavy atom. The van der Waals surface area contributed by atoms with Crippen LogP contribution in [0.5, 0.6) is 5.75 Å². The highest BCUT2D eigenvalue weighted by Crippen LogP contribution is 2.28. The van der Waals surface area contributed by atoms with Crippen LogP contribution in [0.2, 0.25) is 0 Å². The van der Waals surface area contributed by atoms with Crippen LogP contribution < -0.4 is 4.74 Å². The largest absolute Gasteiger partial charge is 0.496 e. The van der Waals surface area contributed by atoms with Gasteiger partial charge in [0.05, 0.1) is 7.11 Å². The molecule has 0 aromatic heterocycles. The molecule has 1 heterocycles. The van der Waals surface area contributed by atoms with Crippen molar-refractivity contribution in [3.8, 4) is 5.75 Å². The van der Waals surface area contributed by atoms with Gasteiger partial charge in [0, 0.05) is 44.9 Å². The summed E-state index contributed by atoms with van der Waals surface area (Å²) in [5.41, 5.74) is 3.92. The molecule has 1 aromatic rings. The van der Waals surface area contributed by atoms with E-state index in [9.17, 15) is 5.11 Å². The topological polar surface area (TPSA) is 35.9 Å². The SMILES string of the molecule is COc1cc(C)c(CN2CCN(C3CCCCC3)[C@H](CCO)C2)cc1C. The summed E-state index contributed by atoms with van der Waals surface area (Å²) in [5.74, 6) is 0.978. The summed E-state index contributed by atoms with van der Waals surface area (Å²) in [5, 5.41) is 9.59. The Hall–Kier alpha value is -1.10. The Morgan fingerprint density at radius 2 is 1.85 bits per heavy atom. The fourth-order valence-corrected chi connectivity index (χ4v) is 4.86. The van der Waals surface area contributed by atoms with Crippen LogP contribution in [0.1, 0.15) is 55.2 Å². The molecule has 1 aliphatic heterocycles. The Kier molecular flexibility index (Phi) is 6.96. The fourth-order valence-electron chi connectivity index (χ4n) is 4.86. The van der Waals surface area contributed by atoms with Crippen molar-refractivity contribution in [2.24, 2.45) is 0 Å². The van der Waals surface area contributed by atoms with Gasteiger partial charge in [-0.3, -0.25) is 9.80 Å². The molecule has 2 fully saturated rings. The van der Waals surface area contributed by atoms with Gasteiger partial charge in [0.15, 0.2) is 0 Å². The molecule has 0 unspecified atom stereocenters. The fraction of sp³-hybridized carbons (Fsp3) is 0.727. The number of hydrogen-bond acceptors (Lipinski definition) is 4. The Bertz CT molecular complexity index is 584. The molecule has 1 atom stereocenters. The molecule has 1 saturated heterocycles. The van der Waals surface area contributed by atoms with E-state index in [2.05, 4.69) is 35.8 Å². The number of benzene rings is 1. The zero-order valence-corrected chi connectivity index (χ0v) is 16.8. The first-order valence-electron chi connectivity index (χ1n) is 10.4. The number of aryl methyl sites for hydroxylation is 2. The monoisotopic (exact) mass is 360 g/mol. The van der Waals surface area contributed by atoms with Gasteiger partial charge in [-0.2, -0.15) is 0 Å². The van der Waals surface area contributed by atoms with Crippen LogP contribution in [0.15, 0.2) is 12.1 Å². The first kappa shape index (κ1) is 19.7. The Labute approximate surface area is 159 Å². The van der Waals surface area contributed by atoms with E-state index in [1.807, 2.05) is 0 Å². The van der Waals surface area contributed by atoms with E-state index in [1.165, 1.54) is 48.8 Å². The molecule has 0 spiro atoms. The number of piperazine rings is 1. The lowest BCUT2D eigenvalue weighted by molar-refractivity contribution is 0.0136. The summed E-state index contributed by atoms with van der Waals surface area (Å²) in [4.78, 5) is 5.30. The summed E-state index contributed by atoms with van der Waals surface area (Å²) < 4.78 is 5.45. The second-order valence-corrected chi connectivity index (χ2v) is 8.18. The second-order valence-electron chi connectivity index (χ2n) is 8.18. The third kappa shape index (κ3) is 4.59. The van der Waals surface area contributed by atoms with Crippen LogP contribution >= 0.6 is 0 Å². The molecule has 0 bridgehead atoms. The van der Waals surface area contributed by atoms with Gasteiger partial charge in [-0.05, 0) is 55.9 Å². The minimum atomic E-state index is 0.294. The number of hydrogen-bond donors (Lipinski definition) is 1. The highest BCUT2D eigenvalue weighted by molar-refractivity contribution is 5.41. The smallest absolute Gasteiger partial charge is 0.122 e. The van der Waals surface area contributed by atoms with E-state index in [0.717, 1.165) is 44.4 Å². The van der Waals surface area contributed by atoms with E-state index in [0.29, 0.717) is 12.6 Å². The van der Waals surface area contributed by atoms with Gasteiger partial charge in [-0.25, -0.2) is 0 Å². The minimum Gasteiger partial charge on any atom is -0.496 e. The first-order chi connectivity index (χ1) is 12.6. The van der Waals surface area contributed by atoms with Crippen molar-refractivity contribution in [3.05, 3.63) is 28.8 Å². The zero-order chi connectivity index (χ0) is 18.5. The lowest BCUT2D eigenvalue weighted by atomic mass is 9.91. The molecule has 0 amide bonds. The van der Waals surface area contributed by atoms with Gasteiger partial charge < -0.3 is 9.84 Å². The van der Waals surface area contributed by atoms with Crippen molar-refractivity contribution in [1.82, 2.24) is 9.80 Å². The molecule has 1 aliphatic carbocycles. The van der Waals surface area contributed by atoms with E-state index in [4.69, 9.17) is 4.74 Å². The average Bonchev–Trinajstić information content (AvgIpc) is 2.65. The molecule has 3 rings (SSSR count). The lowest BCUT2D eigenvalue weighted by Gasteiger charge is -2.46. The highest BCUT2D eigenvalue weighted by Gasteiger charge is 2.32. The molecule has 1 saturated carbocycles. The van der Waals surface area contributed by atoms with E-state index >= 15 is 0 Å². The quantitative estimate of drug-likeness (QED) is 0.842. The second kappa shape index (κ2) is 9.20. The molecule has 1 aromatic carbocycles. The van der Waals surface area contributed by atoms with Crippen LogP contribution in [0, 0.1) is 13.8 Å². The number of nitrogens with zero attached hydrogens (tertiary/aromatic N) is 2. The van der Waals surface area contributed by atoms with Gasteiger partial charge in [-0.1, -0.05) is 25.3 Å². The molecule has 26 heavy (non-hydrogen) atoms. The summed E-state index contributed by atoms with van der Waals surface area (Å²) >= 11 is 0. The van der Waals surface area contributed by atoms with E-state index in [-0.39, 0.29) is 0 Å². The molecule has 4 nitrogen and oxygen atoms in total. The van der Waals surface area contributed by atoms with Gasteiger partial charge in [0.1, 0.15) is 5.75 Å². The van der Waals surface area contributed by atoms with Gasteiger partial charge >= 0.3 is 0 Å². The van der Waals surface area contributed by atoms with Crippen molar-refractivity contribution in [2.45, 2.75) is 71.0 Å². The Balaban J connectivity index is 1.66. The van der Waals surface area contributed by atoms with E-state index in [1.54, 1.807) is 7.11 Å². The normalized spacial score (nSPS) is 23.3. The predicted octanol–water partition coefficient (Wildman–Crippen LogP) is 3.51. The summed E-state index contributed by atoms with van der Waals surface area (Å²) in [6.07, 6.45) is 7.74. The summed E-state index contributed by atoms with van der Waals surface area (Å²) in [6, 6.07) is 5.68. The minimum absolute atomic E-state index is 0.294. The number of aliphatic hydroxyl groups excluding tert-OH is 1. The number of ether oxygens (including phenoxy) is 1. The first-order valence-corrected chi connectivity index (χ1v) is 10.4. The van der Waals surface area contributed by atoms with Crippen molar-refractivity contribution in [1.29, 1.82) is 0 Å². The van der Waals surface area contributed by atoms with Crippen molar-refractivity contribution in [2.75, 3.05) is 33.4 Å². The van der Waals surface area contributed by atoms with Gasteiger partial charge in [0.25, 0.3) is 0 Å². The van der Waals surface area contributed by atoms with Crippen molar-refractivity contribution >= 4 is 0 Å². The molecule has 1 N–H and O–H groups in total. The van der Waals surface area contributed by atoms with Crippen LogP contribution in [-0.4, -0.2) is 60.3 Å². The van der Waals surface area contributed by atoms with Crippen molar-refractivity contribution < 1.29 is 9.84 Å². The number of methoxy groups -OCH3 is 1. The Morgan fingerprint density at radius 3 is 2.54 bits per heavy atom. The summed E-state index contributed by atoms with van der Waals surface area (Å²) in [6.45, 7) is 8.94. The molecular weight excluding hydrogens is 324 g/mol. The number of rotatable bonds is 6. The van der Waals surface area contributed by atoms with Crippen molar-refractivity contribution in [3.63, 3.8) is 0 Å².